The van der Waals surface area contributed by atoms with Crippen LogP contribution >= 0.6 is 11.6 Å². The number of nitrogens with zero attached hydrogens (tertiary/aromatic N) is 2. The van der Waals surface area contributed by atoms with E-state index in [0.29, 0.717) is 34.8 Å². The summed E-state index contributed by atoms with van der Waals surface area (Å²) in [7, 11) is 0. The molecule has 0 saturated heterocycles. The minimum atomic E-state index is -0.846. The Morgan fingerprint density at radius 1 is 1.21 bits per heavy atom. The highest BCUT2D eigenvalue weighted by molar-refractivity contribution is 6.30. The van der Waals surface area contributed by atoms with Crippen LogP contribution in [-0.4, -0.2) is 15.4 Å². The van der Waals surface area contributed by atoms with Crippen molar-refractivity contribution in [2.75, 3.05) is 0 Å². The fraction of sp³-hybridized carbons (Fsp3) is 0.286. The van der Waals surface area contributed by atoms with Crippen molar-refractivity contribution < 1.29 is 13.9 Å². The van der Waals surface area contributed by atoms with Crippen LogP contribution in [0.5, 0.6) is 0 Å². The summed E-state index contributed by atoms with van der Waals surface area (Å²) < 4.78 is 20.6. The number of carbonyl (C=O) groups is 1. The van der Waals surface area contributed by atoms with Crippen LogP contribution in [0.1, 0.15) is 36.9 Å². The molecule has 0 aliphatic heterocycles. The van der Waals surface area contributed by atoms with Crippen LogP contribution in [0.15, 0.2) is 53.5 Å². The molecule has 2 heterocycles. The zero-order chi connectivity index (χ0) is 19.7. The largest absolute Gasteiger partial charge is 0.458 e. The standard InChI is InChI=1S/C21H18ClFN2O3/c22-15-6-7-18-24-17(11-19(26)25(18)12-15)13-28-20(27)21(8-1-2-9-21)14-4-3-5-16(23)10-14/h3-7,10-12H,1-2,8-9,13H2. The van der Waals surface area contributed by atoms with Crippen LogP contribution < -0.4 is 5.56 Å². The van der Waals surface area contributed by atoms with Gasteiger partial charge in [0.05, 0.1) is 16.1 Å². The lowest BCUT2D eigenvalue weighted by Gasteiger charge is -2.27. The molecule has 1 aliphatic carbocycles. The number of benzene rings is 1. The molecule has 3 aromatic rings. The van der Waals surface area contributed by atoms with Crippen LogP contribution in [0.3, 0.4) is 0 Å². The quantitative estimate of drug-likeness (QED) is 0.620. The molecule has 5 nitrogen and oxygen atoms in total. The van der Waals surface area contributed by atoms with Gasteiger partial charge in [-0.25, -0.2) is 9.37 Å². The predicted molar refractivity (Wildman–Crippen MR) is 103 cm³/mol. The number of halogens is 2. The molecule has 0 amide bonds. The van der Waals surface area contributed by atoms with Gasteiger partial charge in [-0.15, -0.1) is 0 Å². The Morgan fingerprint density at radius 2 is 2.00 bits per heavy atom. The van der Waals surface area contributed by atoms with E-state index in [4.69, 9.17) is 16.3 Å². The minimum absolute atomic E-state index is 0.121. The summed E-state index contributed by atoms with van der Waals surface area (Å²) >= 11 is 5.91. The maximum absolute atomic E-state index is 13.7. The van der Waals surface area contributed by atoms with Crippen molar-refractivity contribution in [2.24, 2.45) is 0 Å². The second kappa shape index (κ2) is 7.36. The van der Waals surface area contributed by atoms with Crippen molar-refractivity contribution in [3.05, 3.63) is 81.1 Å². The van der Waals surface area contributed by atoms with Gasteiger partial charge >= 0.3 is 5.97 Å². The Hall–Kier alpha value is -2.73. The third kappa shape index (κ3) is 3.40. The van der Waals surface area contributed by atoms with Crippen LogP contribution in [-0.2, 0) is 21.6 Å². The van der Waals surface area contributed by atoms with Gasteiger partial charge in [-0.3, -0.25) is 14.0 Å². The smallest absolute Gasteiger partial charge is 0.316 e. The monoisotopic (exact) mass is 400 g/mol. The number of fused-ring (bicyclic) bond motifs is 1. The second-order valence-electron chi connectivity index (χ2n) is 7.04. The number of hydrogen-bond donors (Lipinski definition) is 0. The molecule has 28 heavy (non-hydrogen) atoms. The van der Waals surface area contributed by atoms with Crippen LogP contribution in [0, 0.1) is 5.82 Å². The van der Waals surface area contributed by atoms with Gasteiger partial charge in [0.1, 0.15) is 18.1 Å². The maximum Gasteiger partial charge on any atom is 0.316 e. The van der Waals surface area contributed by atoms with Gasteiger partial charge in [0, 0.05) is 12.3 Å². The summed E-state index contributed by atoms with van der Waals surface area (Å²) in [6, 6.07) is 10.7. The van der Waals surface area contributed by atoms with Crippen LogP contribution in [0.25, 0.3) is 5.65 Å². The van der Waals surface area contributed by atoms with Gasteiger partial charge in [0.25, 0.3) is 5.56 Å². The van der Waals surface area contributed by atoms with Gasteiger partial charge in [-0.05, 0) is 42.7 Å². The minimum Gasteiger partial charge on any atom is -0.458 e. The molecule has 0 unspecified atom stereocenters. The molecule has 0 N–H and O–H groups in total. The zero-order valence-corrected chi connectivity index (χ0v) is 15.8. The highest BCUT2D eigenvalue weighted by Gasteiger charge is 2.44. The molecular formula is C21H18ClFN2O3. The van der Waals surface area contributed by atoms with E-state index in [1.165, 1.54) is 28.8 Å². The fourth-order valence-corrected chi connectivity index (χ4v) is 4.01. The first-order valence-corrected chi connectivity index (χ1v) is 9.47. The number of ether oxygens (including phenoxy) is 1. The average Bonchev–Trinajstić information content (AvgIpc) is 3.18. The molecule has 144 valence electrons. The Morgan fingerprint density at radius 3 is 2.75 bits per heavy atom. The molecular weight excluding hydrogens is 383 g/mol. The molecule has 0 atom stereocenters. The van der Waals surface area contributed by atoms with Crippen molar-refractivity contribution >= 4 is 23.2 Å². The number of esters is 1. The van der Waals surface area contributed by atoms with Gasteiger partial charge in [-0.2, -0.15) is 0 Å². The second-order valence-corrected chi connectivity index (χ2v) is 7.47. The van der Waals surface area contributed by atoms with Crippen LogP contribution in [0.2, 0.25) is 5.02 Å². The lowest BCUT2D eigenvalue weighted by atomic mass is 9.79. The SMILES string of the molecule is O=C(OCc1cc(=O)n2cc(Cl)ccc2n1)C1(c2cccc(F)c2)CCCC1. The summed E-state index contributed by atoms with van der Waals surface area (Å²) in [6.45, 7) is -0.121. The normalized spacial score (nSPS) is 15.6. The van der Waals surface area contributed by atoms with E-state index in [-0.39, 0.29) is 18.0 Å². The Kier molecular flexibility index (Phi) is 4.89. The summed E-state index contributed by atoms with van der Waals surface area (Å²) in [5.41, 5.74) is 0.258. The van der Waals surface area contributed by atoms with Crippen molar-refractivity contribution in [1.82, 2.24) is 9.38 Å². The first-order valence-electron chi connectivity index (χ1n) is 9.09. The number of carbonyl (C=O) groups excluding carboxylic acids is 1. The lowest BCUT2D eigenvalue weighted by Crippen LogP contribution is -2.35. The van der Waals surface area contributed by atoms with E-state index in [9.17, 15) is 14.0 Å². The van der Waals surface area contributed by atoms with E-state index < -0.39 is 11.4 Å². The van der Waals surface area contributed by atoms with Crippen molar-refractivity contribution in [3.8, 4) is 0 Å². The molecule has 0 bridgehead atoms. The van der Waals surface area contributed by atoms with E-state index in [1.807, 2.05) is 0 Å². The molecule has 1 saturated carbocycles. The summed E-state index contributed by atoms with van der Waals surface area (Å²) in [6.07, 6.45) is 4.46. The van der Waals surface area contributed by atoms with Gasteiger partial charge in [-0.1, -0.05) is 36.6 Å². The average molecular weight is 401 g/mol. The fourth-order valence-electron chi connectivity index (χ4n) is 3.85. The van der Waals surface area contributed by atoms with E-state index in [0.717, 1.165) is 12.8 Å². The van der Waals surface area contributed by atoms with Gasteiger partial charge in [0.2, 0.25) is 0 Å². The highest BCUT2D eigenvalue weighted by Crippen LogP contribution is 2.42. The van der Waals surface area contributed by atoms with Gasteiger partial charge in [0.15, 0.2) is 0 Å². The molecule has 1 aliphatic rings. The Labute approximate surface area is 165 Å². The summed E-state index contributed by atoms with van der Waals surface area (Å²) in [4.78, 5) is 29.6. The highest BCUT2D eigenvalue weighted by atomic mass is 35.5. The van der Waals surface area contributed by atoms with Crippen molar-refractivity contribution in [2.45, 2.75) is 37.7 Å². The maximum atomic E-state index is 13.7. The predicted octanol–water partition coefficient (Wildman–Crippen LogP) is 4.04. The Balaban J connectivity index is 1.58. The number of rotatable bonds is 4. The topological polar surface area (TPSA) is 60.7 Å². The van der Waals surface area contributed by atoms with Gasteiger partial charge < -0.3 is 4.74 Å². The molecule has 1 fully saturated rings. The number of hydrogen-bond acceptors (Lipinski definition) is 4. The Bertz CT molecular complexity index is 1110. The summed E-state index contributed by atoms with van der Waals surface area (Å²) in [5, 5.41) is 0.425. The zero-order valence-electron chi connectivity index (χ0n) is 15.0. The molecule has 7 heteroatoms. The molecule has 1 aromatic carbocycles. The number of pyridine rings is 1. The molecule has 0 spiro atoms. The molecule has 0 radical (unpaired) electrons. The lowest BCUT2D eigenvalue weighted by molar-refractivity contribution is -0.152. The van der Waals surface area contributed by atoms with E-state index in [2.05, 4.69) is 4.98 Å². The molecule has 4 rings (SSSR count). The van der Waals surface area contributed by atoms with Crippen molar-refractivity contribution in [1.29, 1.82) is 0 Å². The number of aromatic nitrogens is 2. The third-order valence-electron chi connectivity index (χ3n) is 5.25. The van der Waals surface area contributed by atoms with Crippen LogP contribution in [0.4, 0.5) is 4.39 Å². The molecule has 2 aromatic heterocycles. The van der Waals surface area contributed by atoms with E-state index in [1.54, 1.807) is 24.3 Å². The first kappa shape index (κ1) is 18.6. The van der Waals surface area contributed by atoms with Crippen molar-refractivity contribution in [3.63, 3.8) is 0 Å². The first-order chi connectivity index (χ1) is 13.5. The van der Waals surface area contributed by atoms with E-state index >= 15 is 0 Å². The summed E-state index contributed by atoms with van der Waals surface area (Å²) in [5.74, 6) is -0.784. The third-order valence-corrected chi connectivity index (χ3v) is 5.48.